The molecule has 17 heavy (non-hydrogen) atoms. The van der Waals surface area contributed by atoms with E-state index in [1.807, 2.05) is 30.3 Å². The number of amides is 1. The Labute approximate surface area is 101 Å². The number of carbonyl (C=O) groups excluding carboxylic acids is 1. The Balaban J connectivity index is 1.85. The average Bonchev–Trinajstić information content (AvgIpc) is 2.85. The second kappa shape index (κ2) is 5.68. The highest BCUT2D eigenvalue weighted by Gasteiger charge is 2.28. The first-order valence-corrected chi connectivity index (χ1v) is 5.98. The second-order valence-corrected chi connectivity index (χ2v) is 4.27. The van der Waals surface area contributed by atoms with Gasteiger partial charge in [-0.1, -0.05) is 30.3 Å². The van der Waals surface area contributed by atoms with Gasteiger partial charge in [-0.25, -0.2) is 4.79 Å². The van der Waals surface area contributed by atoms with Crippen LogP contribution in [0.3, 0.4) is 0 Å². The van der Waals surface area contributed by atoms with E-state index < -0.39 is 0 Å². The van der Waals surface area contributed by atoms with Gasteiger partial charge in [-0.2, -0.15) is 0 Å². The molecule has 4 nitrogen and oxygen atoms in total. The summed E-state index contributed by atoms with van der Waals surface area (Å²) in [6.45, 7) is 1.60. The number of carbonyl (C=O) groups is 1. The molecular weight excluding hydrogens is 216 g/mol. The van der Waals surface area contributed by atoms with Gasteiger partial charge in [-0.05, 0) is 18.4 Å². The maximum Gasteiger partial charge on any atom is 0.410 e. The zero-order chi connectivity index (χ0) is 12.1. The molecule has 2 N–H and O–H groups in total. The highest BCUT2D eigenvalue weighted by Crippen LogP contribution is 2.17. The van der Waals surface area contributed by atoms with E-state index in [1.54, 1.807) is 4.90 Å². The predicted molar refractivity (Wildman–Crippen MR) is 65.4 cm³/mol. The van der Waals surface area contributed by atoms with E-state index in [9.17, 15) is 4.79 Å². The van der Waals surface area contributed by atoms with E-state index in [0.717, 1.165) is 24.9 Å². The van der Waals surface area contributed by atoms with Crippen LogP contribution in [0.4, 0.5) is 4.79 Å². The van der Waals surface area contributed by atoms with Crippen molar-refractivity contribution in [3.8, 4) is 0 Å². The lowest BCUT2D eigenvalue weighted by Crippen LogP contribution is -2.40. The van der Waals surface area contributed by atoms with Crippen LogP contribution >= 0.6 is 0 Å². The average molecular weight is 234 g/mol. The van der Waals surface area contributed by atoms with Crippen LogP contribution in [0.25, 0.3) is 0 Å². The molecule has 1 unspecified atom stereocenters. The van der Waals surface area contributed by atoms with Crippen LogP contribution in [0.1, 0.15) is 18.4 Å². The third kappa shape index (κ3) is 2.97. The molecule has 2 rings (SSSR count). The zero-order valence-corrected chi connectivity index (χ0v) is 9.84. The molecule has 1 atom stereocenters. The number of likely N-dealkylation sites (tertiary alicyclic amines) is 1. The minimum atomic E-state index is -0.248. The van der Waals surface area contributed by atoms with Crippen molar-refractivity contribution in [2.45, 2.75) is 25.5 Å². The van der Waals surface area contributed by atoms with Gasteiger partial charge in [0.25, 0.3) is 0 Å². The summed E-state index contributed by atoms with van der Waals surface area (Å²) < 4.78 is 5.28. The number of benzene rings is 1. The second-order valence-electron chi connectivity index (χ2n) is 4.27. The van der Waals surface area contributed by atoms with Crippen molar-refractivity contribution in [3.63, 3.8) is 0 Å². The van der Waals surface area contributed by atoms with E-state index in [1.165, 1.54) is 0 Å². The fourth-order valence-electron chi connectivity index (χ4n) is 2.12. The van der Waals surface area contributed by atoms with Crippen LogP contribution in [-0.2, 0) is 11.3 Å². The van der Waals surface area contributed by atoms with Crippen molar-refractivity contribution < 1.29 is 9.53 Å². The molecule has 1 amide bonds. The Morgan fingerprint density at radius 1 is 1.41 bits per heavy atom. The molecule has 1 saturated heterocycles. The summed E-state index contributed by atoms with van der Waals surface area (Å²) in [6, 6.07) is 9.84. The monoisotopic (exact) mass is 234 g/mol. The molecule has 1 aromatic rings. The quantitative estimate of drug-likeness (QED) is 0.866. The van der Waals surface area contributed by atoms with Gasteiger partial charge in [0.2, 0.25) is 0 Å². The summed E-state index contributed by atoms with van der Waals surface area (Å²) in [5.74, 6) is 0. The van der Waals surface area contributed by atoms with Gasteiger partial charge in [-0.3, -0.25) is 0 Å². The molecule has 0 aliphatic carbocycles. The fourth-order valence-corrected chi connectivity index (χ4v) is 2.12. The Hall–Kier alpha value is -1.55. The first-order valence-electron chi connectivity index (χ1n) is 5.98. The molecule has 0 saturated carbocycles. The Kier molecular flexibility index (Phi) is 3.98. The Morgan fingerprint density at radius 3 is 2.88 bits per heavy atom. The third-order valence-electron chi connectivity index (χ3n) is 3.09. The molecule has 1 aliphatic rings. The molecule has 1 aliphatic heterocycles. The summed E-state index contributed by atoms with van der Waals surface area (Å²) in [4.78, 5) is 13.6. The maximum atomic E-state index is 11.8. The van der Waals surface area contributed by atoms with Crippen LogP contribution in [0.2, 0.25) is 0 Å². The zero-order valence-electron chi connectivity index (χ0n) is 9.84. The van der Waals surface area contributed by atoms with Crippen molar-refractivity contribution in [2.75, 3.05) is 13.1 Å². The third-order valence-corrected chi connectivity index (χ3v) is 3.09. The van der Waals surface area contributed by atoms with Gasteiger partial charge in [0.15, 0.2) is 0 Å². The maximum absolute atomic E-state index is 11.8. The van der Waals surface area contributed by atoms with Gasteiger partial charge in [0, 0.05) is 19.1 Å². The molecule has 92 valence electrons. The number of hydrogen-bond acceptors (Lipinski definition) is 3. The highest BCUT2D eigenvalue weighted by molar-refractivity contribution is 5.68. The first-order chi connectivity index (χ1) is 8.31. The van der Waals surface area contributed by atoms with E-state index in [4.69, 9.17) is 10.5 Å². The lowest BCUT2D eigenvalue weighted by molar-refractivity contribution is 0.0931. The van der Waals surface area contributed by atoms with Gasteiger partial charge in [0.1, 0.15) is 6.61 Å². The molecule has 4 heteroatoms. The summed E-state index contributed by atoms with van der Waals surface area (Å²) in [5, 5.41) is 0. The van der Waals surface area contributed by atoms with E-state index >= 15 is 0 Å². The number of ether oxygens (including phenoxy) is 1. The van der Waals surface area contributed by atoms with Crippen LogP contribution in [0, 0.1) is 0 Å². The summed E-state index contributed by atoms with van der Waals surface area (Å²) in [6.07, 6.45) is 1.75. The van der Waals surface area contributed by atoms with Gasteiger partial charge in [0.05, 0.1) is 0 Å². The summed E-state index contributed by atoms with van der Waals surface area (Å²) in [7, 11) is 0. The number of hydrogen-bond donors (Lipinski definition) is 1. The van der Waals surface area contributed by atoms with E-state index in [2.05, 4.69) is 0 Å². The van der Waals surface area contributed by atoms with Crippen molar-refractivity contribution in [3.05, 3.63) is 35.9 Å². The Morgan fingerprint density at radius 2 is 2.18 bits per heavy atom. The summed E-state index contributed by atoms with van der Waals surface area (Å²) >= 11 is 0. The smallest absolute Gasteiger partial charge is 0.410 e. The van der Waals surface area contributed by atoms with Gasteiger partial charge in [-0.15, -0.1) is 0 Å². The first kappa shape index (κ1) is 11.9. The van der Waals surface area contributed by atoms with Crippen LogP contribution in [-0.4, -0.2) is 30.1 Å². The minimum absolute atomic E-state index is 0.151. The standard InChI is InChI=1S/C13H18N2O2/c14-9-12-7-4-8-15(12)13(16)17-10-11-5-2-1-3-6-11/h1-3,5-6,12H,4,7-10,14H2. The molecule has 0 spiro atoms. The lowest BCUT2D eigenvalue weighted by Gasteiger charge is -2.22. The molecule has 1 heterocycles. The molecule has 1 aromatic carbocycles. The van der Waals surface area contributed by atoms with Crippen molar-refractivity contribution in [1.29, 1.82) is 0 Å². The van der Waals surface area contributed by atoms with Crippen LogP contribution < -0.4 is 5.73 Å². The van der Waals surface area contributed by atoms with Crippen molar-refractivity contribution in [2.24, 2.45) is 5.73 Å². The topological polar surface area (TPSA) is 55.6 Å². The molecule has 0 bridgehead atoms. The Bertz CT molecular complexity index is 367. The summed E-state index contributed by atoms with van der Waals surface area (Å²) in [5.41, 5.74) is 6.62. The SMILES string of the molecule is NCC1CCCN1C(=O)OCc1ccccc1. The fraction of sp³-hybridized carbons (Fsp3) is 0.462. The van der Waals surface area contributed by atoms with Crippen LogP contribution in [0.15, 0.2) is 30.3 Å². The lowest BCUT2D eigenvalue weighted by atomic mass is 10.2. The van der Waals surface area contributed by atoms with Gasteiger partial charge < -0.3 is 15.4 Å². The molecule has 1 fully saturated rings. The molecule has 0 radical (unpaired) electrons. The largest absolute Gasteiger partial charge is 0.445 e. The number of rotatable bonds is 3. The highest BCUT2D eigenvalue weighted by atomic mass is 16.6. The predicted octanol–water partition coefficient (Wildman–Crippen LogP) is 1.75. The minimum Gasteiger partial charge on any atom is -0.445 e. The normalized spacial score (nSPS) is 19.4. The molecule has 0 aromatic heterocycles. The van der Waals surface area contributed by atoms with Gasteiger partial charge >= 0.3 is 6.09 Å². The number of nitrogens with zero attached hydrogens (tertiary/aromatic N) is 1. The van der Waals surface area contributed by atoms with Crippen molar-refractivity contribution >= 4 is 6.09 Å². The van der Waals surface area contributed by atoms with Crippen molar-refractivity contribution in [1.82, 2.24) is 4.90 Å². The number of nitrogens with two attached hydrogens (primary N) is 1. The van der Waals surface area contributed by atoms with E-state index in [-0.39, 0.29) is 12.1 Å². The van der Waals surface area contributed by atoms with E-state index in [0.29, 0.717) is 13.2 Å². The van der Waals surface area contributed by atoms with Crippen LogP contribution in [0.5, 0.6) is 0 Å². The molecular formula is C13H18N2O2.